The average Bonchev–Trinajstić information content (AvgIpc) is 0.921. The molecule has 0 aromatic heterocycles. The van der Waals surface area contributed by atoms with Gasteiger partial charge in [0, 0.05) is 0 Å². The van der Waals surface area contributed by atoms with Crippen molar-refractivity contribution < 1.29 is 0 Å². The Kier molecular flexibility index (Phi) is 63.8. The Balaban J connectivity index is 0.000000667. The molecule has 0 radical (unpaired) electrons. The van der Waals surface area contributed by atoms with Gasteiger partial charge >= 0.3 is 0 Å². The predicted octanol–water partition coefficient (Wildman–Crippen LogP) is 36.3. The van der Waals surface area contributed by atoms with Gasteiger partial charge in [0.15, 0.2) is 0 Å². The maximum Gasteiger partial charge on any atom is -0.0305 e. The lowest BCUT2D eigenvalue weighted by Gasteiger charge is -2.22. The monoisotopic (exact) mass is 1660 g/mol. The SMILES string of the molecule is CC1CCC(C)CC1.CCc1ccc(C)cc1.CCc1cccc(C)c1.CCc1ccccc1C.Cc1ccc(C)cc1.Cc1ccc(C)cc1.Cc1cccc(C)c1.Cc1cccc(C)c1.Cc1ccccc1.Cc1ccccc1.Cc1ccccc1.Cc1ccccc1.Cc1ccccc1.Cc1ccccc1.Cc1ccccc1C.Cc1ccccc1C. The summed E-state index contributed by atoms with van der Waals surface area (Å²) in [4.78, 5) is 0. The van der Waals surface area contributed by atoms with Crippen molar-refractivity contribution in [1.29, 1.82) is 0 Å². The lowest BCUT2D eigenvalue weighted by Crippen LogP contribution is -2.08. The second kappa shape index (κ2) is 71.7. The topological polar surface area (TPSA) is 0 Å². The molecule has 0 saturated heterocycles. The zero-order valence-corrected chi connectivity index (χ0v) is 82.2. The van der Waals surface area contributed by atoms with E-state index in [4.69, 9.17) is 0 Å². The molecule has 15 aromatic rings. The Labute approximate surface area is 765 Å². The molecule has 0 atom stereocenters. The van der Waals surface area contributed by atoms with Crippen LogP contribution in [-0.2, 0) is 19.3 Å². The molecule has 0 heterocycles. The second-order valence-corrected chi connectivity index (χ2v) is 33.0. The van der Waals surface area contributed by atoms with Gasteiger partial charge in [0.05, 0.1) is 0 Å². The van der Waals surface area contributed by atoms with Crippen LogP contribution < -0.4 is 0 Å². The molecule has 16 rings (SSSR count). The first-order valence-electron chi connectivity index (χ1n) is 45.3. The molecule has 1 saturated carbocycles. The van der Waals surface area contributed by atoms with Crippen LogP contribution >= 0.6 is 0 Å². The minimum absolute atomic E-state index is 1.02. The fourth-order valence-electron chi connectivity index (χ4n) is 11.6. The zero-order valence-electron chi connectivity index (χ0n) is 82.2. The Morgan fingerprint density at radius 1 is 0.152 bits per heavy atom. The summed E-state index contributed by atoms with van der Waals surface area (Å²) in [6, 6.07) is 138. The standard InChI is InChI=1S/3C9H12.C8H16.6C8H10.6C7H8/c1-3-9-6-4-8(2)5-7-9;1-3-9-6-4-5-8(2)7-9;1-3-9-7-5-4-6-8(9)2;3*1-7-3-5-8(2)6-4-7;2*1-7-4-3-5-8(2)6-7;2*1-7-5-3-4-6-8(7)2;6*1-7-5-3-2-4-6-7/h3*4-7H,3H2,1-2H3;7-8H,3-6H2,1-2H3;6*3-6H,1-2H3;6*2-6H,1H3. The first-order chi connectivity index (χ1) is 59.9. The van der Waals surface area contributed by atoms with Crippen LogP contribution in [-0.4, -0.2) is 0 Å². The van der Waals surface area contributed by atoms with E-state index in [1.165, 1.54) is 159 Å². The molecule has 15 aromatic carbocycles. The van der Waals surface area contributed by atoms with Crippen molar-refractivity contribution in [2.75, 3.05) is 0 Å². The van der Waals surface area contributed by atoms with Crippen LogP contribution in [0.4, 0.5) is 0 Å². The largest absolute Gasteiger partial charge is 0.0625 e. The normalized spacial score (nSPS) is 11.1. The summed E-state index contributed by atoms with van der Waals surface area (Å²) in [5.74, 6) is 2.04. The van der Waals surface area contributed by atoms with Gasteiger partial charge in [-0.1, -0.05) is 550 Å². The van der Waals surface area contributed by atoms with E-state index in [0.717, 1.165) is 31.1 Å². The Bertz CT molecular complexity index is 4420. The molecule has 125 heavy (non-hydrogen) atoms. The average molecular weight is 1660 g/mol. The van der Waals surface area contributed by atoms with Crippen molar-refractivity contribution in [3.05, 3.63) is 534 Å². The van der Waals surface area contributed by atoms with Crippen LogP contribution in [0.1, 0.15) is 194 Å². The molecule has 1 aliphatic rings. The third kappa shape index (κ3) is 64.7. The molecule has 0 amide bonds. The minimum Gasteiger partial charge on any atom is -0.0625 e. The molecular weight excluding hydrogens is 1500 g/mol. The first-order valence-corrected chi connectivity index (χ1v) is 45.3. The summed E-state index contributed by atoms with van der Waals surface area (Å²) in [5, 5.41) is 0. The molecule has 0 bridgehead atoms. The molecule has 0 heteroatoms. The molecule has 0 spiro atoms. The highest BCUT2D eigenvalue weighted by Gasteiger charge is 2.13. The molecule has 1 fully saturated rings. The quantitative estimate of drug-likeness (QED) is 0.165. The van der Waals surface area contributed by atoms with Crippen molar-refractivity contribution in [2.24, 2.45) is 11.8 Å². The summed E-state index contributed by atoms with van der Waals surface area (Å²) in [5.41, 5.74) is 32.5. The number of aryl methyl sites for hydroxylation is 24. The summed E-state index contributed by atoms with van der Waals surface area (Å²) >= 11 is 0. The number of hydrogen-bond acceptors (Lipinski definition) is 0. The van der Waals surface area contributed by atoms with Gasteiger partial charge in [0.25, 0.3) is 0 Å². The van der Waals surface area contributed by atoms with E-state index in [-0.39, 0.29) is 0 Å². The third-order valence-electron chi connectivity index (χ3n) is 20.2. The molecule has 1 aliphatic carbocycles. The van der Waals surface area contributed by atoms with E-state index in [0.29, 0.717) is 0 Å². The van der Waals surface area contributed by atoms with Gasteiger partial charge < -0.3 is 0 Å². The zero-order chi connectivity index (χ0) is 92.6. The number of hydrogen-bond donors (Lipinski definition) is 0. The third-order valence-corrected chi connectivity index (χ3v) is 20.2. The van der Waals surface area contributed by atoms with Crippen LogP contribution in [0, 0.1) is 157 Å². The first kappa shape index (κ1) is 111. The maximum atomic E-state index is 2.37. The number of rotatable bonds is 3. The van der Waals surface area contributed by atoms with E-state index >= 15 is 0 Å². The van der Waals surface area contributed by atoms with Crippen molar-refractivity contribution in [1.82, 2.24) is 0 Å². The van der Waals surface area contributed by atoms with Gasteiger partial charge in [0.1, 0.15) is 0 Å². The van der Waals surface area contributed by atoms with E-state index < -0.39 is 0 Å². The van der Waals surface area contributed by atoms with Crippen LogP contribution in [0.25, 0.3) is 0 Å². The lowest BCUT2D eigenvalue weighted by atomic mass is 9.84. The molecule has 0 N–H and O–H groups in total. The Hall–Kier alpha value is -11.7. The van der Waals surface area contributed by atoms with E-state index in [9.17, 15) is 0 Å². The summed E-state index contributed by atoms with van der Waals surface area (Å²) in [6.07, 6.45) is 9.32. The highest BCUT2D eigenvalue weighted by molar-refractivity contribution is 5.29. The van der Waals surface area contributed by atoms with E-state index in [1.54, 1.807) is 0 Å². The van der Waals surface area contributed by atoms with Gasteiger partial charge in [-0.2, -0.15) is 0 Å². The predicted molar refractivity (Wildman–Crippen MR) is 561 cm³/mol. The maximum absolute atomic E-state index is 2.37. The van der Waals surface area contributed by atoms with Gasteiger partial charge in [0.2, 0.25) is 0 Å². The molecule has 0 nitrogen and oxygen atoms in total. The van der Waals surface area contributed by atoms with Crippen LogP contribution in [0.3, 0.4) is 0 Å². The van der Waals surface area contributed by atoms with Crippen LogP contribution in [0.5, 0.6) is 0 Å². The van der Waals surface area contributed by atoms with Crippen molar-refractivity contribution in [3.63, 3.8) is 0 Å². The van der Waals surface area contributed by atoms with E-state index in [1.807, 2.05) is 109 Å². The fourth-order valence-corrected chi connectivity index (χ4v) is 11.6. The van der Waals surface area contributed by atoms with Crippen molar-refractivity contribution >= 4 is 0 Å². The van der Waals surface area contributed by atoms with Gasteiger partial charge in [-0.15, -0.1) is 0 Å². The molecular formula is C125H160. The Morgan fingerprint density at radius 3 is 0.480 bits per heavy atom. The summed E-state index contributed by atoms with van der Waals surface area (Å²) in [6.45, 7) is 55.4. The van der Waals surface area contributed by atoms with Crippen LogP contribution in [0.2, 0.25) is 0 Å². The van der Waals surface area contributed by atoms with Crippen molar-refractivity contribution in [2.45, 2.75) is 225 Å². The van der Waals surface area contributed by atoms with E-state index in [2.05, 4.69) is 471 Å². The molecule has 0 aliphatic heterocycles. The minimum atomic E-state index is 1.02. The highest BCUT2D eigenvalue weighted by Crippen LogP contribution is 2.27. The van der Waals surface area contributed by atoms with Gasteiger partial charge in [-0.05, 0) is 221 Å². The molecule has 660 valence electrons. The van der Waals surface area contributed by atoms with Gasteiger partial charge in [-0.25, -0.2) is 0 Å². The highest BCUT2D eigenvalue weighted by atomic mass is 14.2. The lowest BCUT2D eigenvalue weighted by molar-refractivity contribution is 0.308. The number of benzene rings is 15. The van der Waals surface area contributed by atoms with Gasteiger partial charge in [-0.3, -0.25) is 0 Å². The Morgan fingerprint density at radius 2 is 0.328 bits per heavy atom. The molecule has 0 unspecified atom stereocenters. The second-order valence-electron chi connectivity index (χ2n) is 33.0. The summed E-state index contributed by atoms with van der Waals surface area (Å²) in [7, 11) is 0. The fraction of sp³-hybridized carbons (Fsp3) is 0.280. The van der Waals surface area contributed by atoms with Crippen LogP contribution in [0.15, 0.2) is 400 Å². The smallest absolute Gasteiger partial charge is 0.0305 e. The summed E-state index contributed by atoms with van der Waals surface area (Å²) < 4.78 is 0. The van der Waals surface area contributed by atoms with Crippen molar-refractivity contribution in [3.8, 4) is 0 Å².